The minimum atomic E-state index is -0.264. The van der Waals surface area contributed by atoms with E-state index in [2.05, 4.69) is 24.4 Å². The smallest absolute Gasteiger partial charge is 0.265 e. The average Bonchev–Trinajstić information content (AvgIpc) is 3.35. The maximum Gasteiger partial charge on any atom is 0.265 e. The molecule has 2 amide bonds. The number of aryl methyl sites for hydroxylation is 1. The number of rotatable bonds is 7. The molecule has 0 unspecified atom stereocenters. The van der Waals surface area contributed by atoms with Crippen molar-refractivity contribution < 1.29 is 14.3 Å². The van der Waals surface area contributed by atoms with E-state index in [1.807, 2.05) is 66.0 Å². The Bertz CT molecular complexity index is 1350. The molecule has 0 radical (unpaired) electrons. The van der Waals surface area contributed by atoms with Gasteiger partial charge in [0.2, 0.25) is 5.91 Å². The molecule has 0 atom stereocenters. The van der Waals surface area contributed by atoms with E-state index in [0.29, 0.717) is 17.1 Å². The summed E-state index contributed by atoms with van der Waals surface area (Å²) in [7, 11) is 0. The van der Waals surface area contributed by atoms with Crippen LogP contribution in [0.3, 0.4) is 0 Å². The fourth-order valence-corrected chi connectivity index (χ4v) is 4.84. The summed E-state index contributed by atoms with van der Waals surface area (Å²) in [5.41, 5.74) is 5.39. The molecule has 6 nitrogen and oxygen atoms in total. The highest BCUT2D eigenvalue weighted by Gasteiger charge is 2.28. The predicted octanol–water partition coefficient (Wildman–Crippen LogP) is 5.33. The second-order valence-corrected chi connectivity index (χ2v) is 9.28. The molecule has 35 heavy (non-hydrogen) atoms. The Labute approximate surface area is 208 Å². The Hall–Kier alpha value is -3.97. The second-order valence-electron chi connectivity index (χ2n) is 8.34. The zero-order chi connectivity index (χ0) is 24.2. The number of benzene rings is 3. The van der Waals surface area contributed by atoms with Crippen molar-refractivity contribution in [2.24, 2.45) is 0 Å². The van der Waals surface area contributed by atoms with Crippen molar-refractivity contribution in [1.29, 1.82) is 0 Å². The van der Waals surface area contributed by atoms with Crippen LogP contribution >= 0.6 is 11.3 Å². The molecule has 0 fully saturated rings. The van der Waals surface area contributed by atoms with Crippen molar-refractivity contribution in [3.05, 3.63) is 94.3 Å². The number of thiazole rings is 1. The number of anilines is 2. The van der Waals surface area contributed by atoms with Crippen molar-refractivity contribution >= 4 is 34.5 Å². The Balaban J connectivity index is 1.34. The van der Waals surface area contributed by atoms with Gasteiger partial charge < -0.3 is 10.1 Å². The molecule has 7 heteroatoms. The number of hydrogen-bond donors (Lipinski definition) is 1. The van der Waals surface area contributed by atoms with Gasteiger partial charge in [-0.25, -0.2) is 4.98 Å². The van der Waals surface area contributed by atoms with Gasteiger partial charge in [-0.15, -0.1) is 11.3 Å². The maximum absolute atomic E-state index is 12.8. The van der Waals surface area contributed by atoms with Gasteiger partial charge in [0.05, 0.1) is 16.4 Å². The monoisotopic (exact) mass is 483 g/mol. The van der Waals surface area contributed by atoms with Gasteiger partial charge in [0, 0.05) is 23.1 Å². The van der Waals surface area contributed by atoms with Crippen LogP contribution in [0.2, 0.25) is 0 Å². The van der Waals surface area contributed by atoms with Crippen molar-refractivity contribution in [1.82, 2.24) is 4.98 Å². The third-order valence-corrected chi connectivity index (χ3v) is 6.74. The Morgan fingerprint density at radius 3 is 2.63 bits per heavy atom. The normalized spacial score (nSPS) is 12.7. The summed E-state index contributed by atoms with van der Waals surface area (Å²) in [5, 5.41) is 5.91. The fraction of sp³-hybridized carbons (Fsp3) is 0.179. The predicted molar refractivity (Wildman–Crippen MR) is 139 cm³/mol. The molecule has 5 rings (SSSR count). The molecule has 2 heterocycles. The molecule has 1 aliphatic heterocycles. The lowest BCUT2D eigenvalue weighted by molar-refractivity contribution is -0.123. The molecule has 0 spiro atoms. The molecule has 4 aromatic rings. The zero-order valence-corrected chi connectivity index (χ0v) is 20.2. The Kier molecular flexibility index (Phi) is 6.59. The number of carbonyl (C=O) groups is 2. The van der Waals surface area contributed by atoms with E-state index >= 15 is 0 Å². The van der Waals surface area contributed by atoms with Crippen LogP contribution in [0.1, 0.15) is 23.1 Å². The first-order valence-electron chi connectivity index (χ1n) is 11.5. The quantitative estimate of drug-likeness (QED) is 0.386. The van der Waals surface area contributed by atoms with Crippen LogP contribution in [0, 0.1) is 0 Å². The van der Waals surface area contributed by atoms with E-state index in [9.17, 15) is 9.59 Å². The van der Waals surface area contributed by atoms with Crippen molar-refractivity contribution in [2.75, 3.05) is 23.4 Å². The molecule has 176 valence electrons. The largest absolute Gasteiger partial charge is 0.482 e. The summed E-state index contributed by atoms with van der Waals surface area (Å²) in [6.07, 6.45) is 1.70. The molecule has 3 aromatic carbocycles. The number of nitrogens with zero attached hydrogens (tertiary/aromatic N) is 2. The van der Waals surface area contributed by atoms with Gasteiger partial charge >= 0.3 is 0 Å². The molecule has 1 N–H and O–H groups in total. The summed E-state index contributed by atoms with van der Waals surface area (Å²) in [5.74, 6) is 0.0574. The molecule has 0 saturated carbocycles. The summed E-state index contributed by atoms with van der Waals surface area (Å²) in [6, 6.07) is 23.6. The summed E-state index contributed by atoms with van der Waals surface area (Å²) in [6.45, 7) is 1.90. The van der Waals surface area contributed by atoms with E-state index in [1.54, 1.807) is 11.3 Å². The fourth-order valence-electron chi connectivity index (χ4n) is 4.00. The summed E-state index contributed by atoms with van der Waals surface area (Å²) in [4.78, 5) is 31.7. The standard InChI is InChI=1S/C28H25N3O3S/c1-2-19-8-11-22(12-9-19)29-26(32)16-31-24-15-21(10-13-25(24)34-17-28(31)33)23-18-35-27(30-23)14-20-6-4-3-5-7-20/h3-13,15,18H,2,14,16-17H2,1H3,(H,29,32). The van der Waals surface area contributed by atoms with E-state index in [4.69, 9.17) is 9.72 Å². The highest BCUT2D eigenvalue weighted by molar-refractivity contribution is 7.10. The number of ether oxygens (including phenoxy) is 1. The molecule has 0 saturated heterocycles. The van der Waals surface area contributed by atoms with Gasteiger partial charge in [-0.05, 0) is 47.9 Å². The van der Waals surface area contributed by atoms with Crippen molar-refractivity contribution in [3.8, 4) is 17.0 Å². The lowest BCUT2D eigenvalue weighted by Crippen LogP contribution is -2.43. The zero-order valence-electron chi connectivity index (χ0n) is 19.4. The van der Waals surface area contributed by atoms with E-state index in [1.165, 1.54) is 16.0 Å². The molecule has 1 aliphatic rings. The first-order chi connectivity index (χ1) is 17.1. The van der Waals surface area contributed by atoms with Gasteiger partial charge in [0.15, 0.2) is 6.61 Å². The number of amides is 2. The van der Waals surface area contributed by atoms with Crippen molar-refractivity contribution in [3.63, 3.8) is 0 Å². The second kappa shape index (κ2) is 10.1. The topological polar surface area (TPSA) is 71.5 Å². The lowest BCUT2D eigenvalue weighted by atomic mass is 10.1. The third kappa shape index (κ3) is 5.25. The van der Waals surface area contributed by atoms with Crippen LogP contribution in [0.25, 0.3) is 11.3 Å². The number of hydrogen-bond acceptors (Lipinski definition) is 5. The van der Waals surface area contributed by atoms with Crippen LogP contribution in [-0.4, -0.2) is 29.9 Å². The van der Waals surface area contributed by atoms with E-state index < -0.39 is 0 Å². The number of nitrogens with one attached hydrogen (secondary N) is 1. The highest BCUT2D eigenvalue weighted by atomic mass is 32.1. The first-order valence-corrected chi connectivity index (χ1v) is 12.4. The van der Waals surface area contributed by atoms with E-state index in [-0.39, 0.29) is 25.0 Å². The third-order valence-electron chi connectivity index (χ3n) is 5.90. The SMILES string of the molecule is CCc1ccc(NC(=O)CN2C(=O)COc3ccc(-c4csc(Cc5ccccc5)n4)cc32)cc1. The molecular formula is C28H25N3O3S. The summed E-state index contributed by atoms with van der Waals surface area (Å²) >= 11 is 1.61. The molecule has 0 bridgehead atoms. The van der Waals surface area contributed by atoms with Gasteiger partial charge in [0.1, 0.15) is 12.3 Å². The number of carbonyl (C=O) groups excluding carboxylic acids is 2. The van der Waals surface area contributed by atoms with Gasteiger partial charge in [-0.2, -0.15) is 0 Å². The summed E-state index contributed by atoms with van der Waals surface area (Å²) < 4.78 is 5.63. The maximum atomic E-state index is 12.8. The van der Waals surface area contributed by atoms with Crippen LogP contribution in [0.5, 0.6) is 5.75 Å². The van der Waals surface area contributed by atoms with Gasteiger partial charge in [-0.1, -0.05) is 49.4 Å². The average molecular weight is 484 g/mol. The van der Waals surface area contributed by atoms with Crippen LogP contribution in [0.15, 0.2) is 78.2 Å². The molecular weight excluding hydrogens is 458 g/mol. The minimum Gasteiger partial charge on any atom is -0.482 e. The van der Waals surface area contributed by atoms with Gasteiger partial charge in [0.25, 0.3) is 5.91 Å². The molecule has 1 aromatic heterocycles. The minimum absolute atomic E-state index is 0.0928. The van der Waals surface area contributed by atoms with E-state index in [0.717, 1.165) is 29.1 Å². The van der Waals surface area contributed by atoms with Crippen LogP contribution in [0.4, 0.5) is 11.4 Å². The lowest BCUT2D eigenvalue weighted by Gasteiger charge is -2.29. The highest BCUT2D eigenvalue weighted by Crippen LogP contribution is 2.36. The number of aromatic nitrogens is 1. The van der Waals surface area contributed by atoms with Crippen LogP contribution in [-0.2, 0) is 22.4 Å². The number of fused-ring (bicyclic) bond motifs is 1. The Morgan fingerprint density at radius 1 is 1.06 bits per heavy atom. The first kappa shape index (κ1) is 22.8. The Morgan fingerprint density at radius 2 is 1.86 bits per heavy atom. The van der Waals surface area contributed by atoms with Crippen molar-refractivity contribution in [2.45, 2.75) is 19.8 Å². The van der Waals surface area contributed by atoms with Gasteiger partial charge in [-0.3, -0.25) is 14.5 Å². The van der Waals surface area contributed by atoms with Crippen LogP contribution < -0.4 is 15.0 Å². The molecule has 0 aliphatic carbocycles.